The van der Waals surface area contributed by atoms with Crippen molar-refractivity contribution in [3.05, 3.63) is 17.5 Å². The Morgan fingerprint density at radius 3 is 2.75 bits per heavy atom. The van der Waals surface area contributed by atoms with Crippen molar-refractivity contribution < 1.29 is 4.79 Å². The summed E-state index contributed by atoms with van der Waals surface area (Å²) in [7, 11) is 4.22. The zero-order valence-electron chi connectivity index (χ0n) is 13.0. The van der Waals surface area contributed by atoms with Crippen LogP contribution < -0.4 is 5.32 Å². The van der Waals surface area contributed by atoms with Gasteiger partial charge in [-0.25, -0.2) is 9.97 Å². The van der Waals surface area contributed by atoms with Gasteiger partial charge in [-0.15, -0.1) is 0 Å². The van der Waals surface area contributed by atoms with E-state index in [1.54, 1.807) is 6.20 Å². The highest BCUT2D eigenvalue weighted by Gasteiger charge is 2.04. The largest absolute Gasteiger partial charge is 0.354 e. The van der Waals surface area contributed by atoms with Crippen LogP contribution in [-0.4, -0.2) is 48.3 Å². The van der Waals surface area contributed by atoms with Gasteiger partial charge >= 0.3 is 0 Å². The predicted molar refractivity (Wildman–Crippen MR) is 82.2 cm³/mol. The van der Waals surface area contributed by atoms with E-state index >= 15 is 0 Å². The van der Waals surface area contributed by atoms with Crippen LogP contribution in [-0.2, 0) is 0 Å². The average Bonchev–Trinajstić information content (AvgIpc) is 2.41. The molecule has 1 heterocycles. The van der Waals surface area contributed by atoms with E-state index < -0.39 is 0 Å². The molecule has 0 radical (unpaired) electrons. The first-order valence-electron chi connectivity index (χ1n) is 7.20. The molecule has 1 N–H and O–H groups in total. The van der Waals surface area contributed by atoms with Gasteiger partial charge in [0.1, 0.15) is 0 Å². The van der Waals surface area contributed by atoms with Gasteiger partial charge in [-0.2, -0.15) is 0 Å². The summed E-state index contributed by atoms with van der Waals surface area (Å²) in [5.41, 5.74) is 1.27. The molecule has 0 aliphatic heterocycles. The molecule has 20 heavy (non-hydrogen) atoms. The Kier molecular flexibility index (Phi) is 7.15. The molecule has 5 nitrogen and oxygen atoms in total. The van der Waals surface area contributed by atoms with E-state index in [1.165, 1.54) is 12.8 Å². The molecule has 0 fully saturated rings. The molecule has 0 aliphatic carbocycles. The first-order chi connectivity index (χ1) is 9.52. The zero-order chi connectivity index (χ0) is 15.0. The lowest BCUT2D eigenvalue weighted by atomic mass is 10.0. The number of hydrogen-bond donors (Lipinski definition) is 1. The molecule has 1 unspecified atom stereocenters. The normalized spacial score (nSPS) is 12.4. The number of aryl methyl sites for hydroxylation is 1. The van der Waals surface area contributed by atoms with Crippen LogP contribution in [0.4, 0.5) is 5.95 Å². The fourth-order valence-electron chi connectivity index (χ4n) is 1.95. The smallest absolute Gasteiger partial charge is 0.222 e. The van der Waals surface area contributed by atoms with Gasteiger partial charge in [0.25, 0.3) is 0 Å². The lowest BCUT2D eigenvalue weighted by molar-refractivity contribution is 0.112. The SMILES string of the molecule is Cc1nc(NCCCC(C)CCN(C)C)ncc1C=O. The zero-order valence-corrected chi connectivity index (χ0v) is 13.0. The van der Waals surface area contributed by atoms with Crippen LogP contribution in [0, 0.1) is 12.8 Å². The summed E-state index contributed by atoms with van der Waals surface area (Å²) in [4.78, 5) is 21.3. The van der Waals surface area contributed by atoms with Crippen LogP contribution in [0.5, 0.6) is 0 Å². The molecule has 0 spiro atoms. The van der Waals surface area contributed by atoms with Crippen LogP contribution in [0.2, 0.25) is 0 Å². The van der Waals surface area contributed by atoms with Crippen molar-refractivity contribution in [3.8, 4) is 0 Å². The quantitative estimate of drug-likeness (QED) is 0.555. The number of carbonyl (C=O) groups excluding carboxylic acids is 1. The number of anilines is 1. The monoisotopic (exact) mass is 278 g/mol. The highest BCUT2D eigenvalue weighted by Crippen LogP contribution is 2.11. The summed E-state index contributed by atoms with van der Waals surface area (Å²) in [6, 6.07) is 0. The second-order valence-corrected chi connectivity index (χ2v) is 5.62. The van der Waals surface area contributed by atoms with Gasteiger partial charge in [0.05, 0.1) is 11.3 Å². The van der Waals surface area contributed by atoms with Crippen molar-refractivity contribution in [1.29, 1.82) is 0 Å². The molecule has 112 valence electrons. The maximum atomic E-state index is 10.7. The van der Waals surface area contributed by atoms with E-state index in [-0.39, 0.29) is 0 Å². The minimum atomic E-state index is 0.549. The van der Waals surface area contributed by atoms with Crippen molar-refractivity contribution in [2.24, 2.45) is 5.92 Å². The third-order valence-corrected chi connectivity index (χ3v) is 3.37. The molecule has 1 aromatic heterocycles. The molecule has 5 heteroatoms. The molecular weight excluding hydrogens is 252 g/mol. The Labute approximate surface area is 121 Å². The number of rotatable bonds is 9. The van der Waals surface area contributed by atoms with Gasteiger partial charge in [0.2, 0.25) is 5.95 Å². The Morgan fingerprint density at radius 1 is 1.40 bits per heavy atom. The van der Waals surface area contributed by atoms with Crippen molar-refractivity contribution in [1.82, 2.24) is 14.9 Å². The van der Waals surface area contributed by atoms with Crippen molar-refractivity contribution in [3.63, 3.8) is 0 Å². The molecule has 0 aliphatic rings. The van der Waals surface area contributed by atoms with E-state index in [1.807, 2.05) is 6.92 Å². The summed E-state index contributed by atoms with van der Waals surface area (Å²) in [5.74, 6) is 1.34. The average molecular weight is 278 g/mol. The van der Waals surface area contributed by atoms with Gasteiger partial charge in [-0.05, 0) is 52.7 Å². The van der Waals surface area contributed by atoms with E-state index in [4.69, 9.17) is 0 Å². The Bertz CT molecular complexity index is 420. The highest BCUT2D eigenvalue weighted by atomic mass is 16.1. The summed E-state index contributed by atoms with van der Waals surface area (Å²) in [6.07, 6.45) is 5.89. The number of carbonyl (C=O) groups is 1. The number of nitrogens with one attached hydrogen (secondary N) is 1. The second-order valence-electron chi connectivity index (χ2n) is 5.62. The minimum absolute atomic E-state index is 0.549. The van der Waals surface area contributed by atoms with Gasteiger partial charge in [-0.3, -0.25) is 4.79 Å². The molecular formula is C15H26N4O. The third-order valence-electron chi connectivity index (χ3n) is 3.37. The van der Waals surface area contributed by atoms with Gasteiger partial charge in [0.15, 0.2) is 6.29 Å². The first kappa shape index (κ1) is 16.6. The Hall–Kier alpha value is -1.49. The van der Waals surface area contributed by atoms with Crippen molar-refractivity contribution in [2.45, 2.75) is 33.1 Å². The van der Waals surface area contributed by atoms with Crippen molar-refractivity contribution in [2.75, 3.05) is 32.5 Å². The Balaban J connectivity index is 2.24. The van der Waals surface area contributed by atoms with Crippen LogP contribution in [0.1, 0.15) is 42.2 Å². The molecule has 1 rings (SSSR count). The summed E-state index contributed by atoms with van der Waals surface area (Å²) < 4.78 is 0. The lowest BCUT2D eigenvalue weighted by Crippen LogP contribution is -2.16. The van der Waals surface area contributed by atoms with E-state index in [9.17, 15) is 4.79 Å². The summed E-state index contributed by atoms with van der Waals surface area (Å²) in [5, 5.41) is 3.21. The van der Waals surface area contributed by atoms with Crippen molar-refractivity contribution >= 4 is 12.2 Å². The van der Waals surface area contributed by atoms with Gasteiger partial charge < -0.3 is 10.2 Å². The predicted octanol–water partition coefficient (Wildman–Crippen LogP) is 2.38. The Morgan fingerprint density at radius 2 is 2.15 bits per heavy atom. The number of nitrogens with zero attached hydrogens (tertiary/aromatic N) is 3. The minimum Gasteiger partial charge on any atom is -0.354 e. The number of aromatic nitrogens is 2. The molecule has 0 saturated carbocycles. The molecule has 0 bridgehead atoms. The third kappa shape index (κ3) is 6.10. The van der Waals surface area contributed by atoms with Crippen LogP contribution in [0.3, 0.4) is 0 Å². The summed E-state index contributed by atoms with van der Waals surface area (Å²) >= 11 is 0. The fourth-order valence-corrected chi connectivity index (χ4v) is 1.95. The maximum Gasteiger partial charge on any atom is 0.222 e. The fraction of sp³-hybridized carbons (Fsp3) is 0.667. The standard InChI is InChI=1S/C15H26N4O/c1-12(7-9-19(3)4)6-5-8-16-15-17-10-14(11-20)13(2)18-15/h10-12H,5-9H2,1-4H3,(H,16,17,18). The number of hydrogen-bond acceptors (Lipinski definition) is 5. The van der Waals surface area contributed by atoms with E-state index in [0.29, 0.717) is 11.5 Å². The summed E-state index contributed by atoms with van der Waals surface area (Å²) in [6.45, 7) is 6.12. The van der Waals surface area contributed by atoms with Gasteiger partial charge in [0, 0.05) is 12.7 Å². The van der Waals surface area contributed by atoms with Crippen LogP contribution in [0.15, 0.2) is 6.20 Å². The van der Waals surface area contributed by atoms with Crippen LogP contribution >= 0.6 is 0 Å². The molecule has 1 atom stereocenters. The van der Waals surface area contributed by atoms with E-state index in [0.717, 1.165) is 37.4 Å². The van der Waals surface area contributed by atoms with E-state index in [2.05, 4.69) is 41.2 Å². The molecule has 0 amide bonds. The second kappa shape index (κ2) is 8.64. The molecule has 0 aromatic carbocycles. The van der Waals surface area contributed by atoms with Gasteiger partial charge in [-0.1, -0.05) is 6.92 Å². The highest BCUT2D eigenvalue weighted by molar-refractivity contribution is 5.75. The maximum absolute atomic E-state index is 10.7. The number of aldehydes is 1. The first-order valence-corrected chi connectivity index (χ1v) is 7.20. The molecule has 0 saturated heterocycles. The van der Waals surface area contributed by atoms with Crippen LogP contribution in [0.25, 0.3) is 0 Å². The topological polar surface area (TPSA) is 58.1 Å². The molecule has 1 aromatic rings. The lowest BCUT2D eigenvalue weighted by Gasteiger charge is -2.15.